The predicted octanol–water partition coefficient (Wildman–Crippen LogP) is 1.38. The van der Waals surface area contributed by atoms with Crippen molar-refractivity contribution in [2.24, 2.45) is 11.3 Å². The van der Waals surface area contributed by atoms with Gasteiger partial charge < -0.3 is 21.1 Å². The van der Waals surface area contributed by atoms with Crippen LogP contribution in [0.1, 0.15) is 50.4 Å². The minimum atomic E-state index is -0.934. The first kappa shape index (κ1) is 22.6. The van der Waals surface area contributed by atoms with E-state index in [0.29, 0.717) is 24.3 Å². The third-order valence-electron chi connectivity index (χ3n) is 5.79. The lowest BCUT2D eigenvalue weighted by Gasteiger charge is -2.43. The lowest BCUT2D eigenvalue weighted by molar-refractivity contribution is -0.137. The van der Waals surface area contributed by atoms with Gasteiger partial charge in [-0.2, -0.15) is 0 Å². The van der Waals surface area contributed by atoms with E-state index in [-0.39, 0.29) is 42.6 Å². The first-order valence-electron chi connectivity index (χ1n) is 10.5. The van der Waals surface area contributed by atoms with E-state index in [1.807, 2.05) is 0 Å². The summed E-state index contributed by atoms with van der Waals surface area (Å²) in [5.41, 5.74) is -0.621. The van der Waals surface area contributed by atoms with Gasteiger partial charge in [-0.3, -0.25) is 19.3 Å². The molecule has 1 aliphatic carbocycles. The third kappa shape index (κ3) is 5.15. The summed E-state index contributed by atoms with van der Waals surface area (Å²) >= 11 is 0. The Bertz CT molecular complexity index is 882. The maximum atomic E-state index is 13.0. The van der Waals surface area contributed by atoms with Crippen LogP contribution in [0.2, 0.25) is 0 Å². The number of phenolic OH excluding ortho intramolecular Hbond substituents is 1. The molecular formula is C22H30N4O5. The number of aromatic hydroxyl groups is 1. The highest BCUT2D eigenvalue weighted by Crippen LogP contribution is 2.46. The zero-order chi connectivity index (χ0) is 22.8. The monoisotopic (exact) mass is 430 g/mol. The van der Waals surface area contributed by atoms with Gasteiger partial charge in [0.1, 0.15) is 17.8 Å². The zero-order valence-corrected chi connectivity index (χ0v) is 18.2. The van der Waals surface area contributed by atoms with Crippen molar-refractivity contribution < 1.29 is 24.3 Å². The molecule has 2 fully saturated rings. The van der Waals surface area contributed by atoms with Gasteiger partial charge in [-0.15, -0.1) is 0 Å². The molecule has 2 unspecified atom stereocenters. The Hall–Kier alpha value is -3.10. The SMILES string of the molecule is CC1CC(C)(C)CC2(C1)NC(=O)N(CC(=O)NCCNC(=O)c1ccc(O)cc1)C2=O. The predicted molar refractivity (Wildman–Crippen MR) is 113 cm³/mol. The van der Waals surface area contributed by atoms with Gasteiger partial charge in [-0.25, -0.2) is 4.79 Å². The van der Waals surface area contributed by atoms with Crippen molar-refractivity contribution in [3.63, 3.8) is 0 Å². The Balaban J connectivity index is 1.48. The Morgan fingerprint density at radius 3 is 2.42 bits per heavy atom. The molecule has 1 saturated carbocycles. The molecule has 9 nitrogen and oxygen atoms in total. The molecule has 168 valence electrons. The number of benzene rings is 1. The number of carbonyl (C=O) groups is 4. The lowest BCUT2D eigenvalue weighted by atomic mass is 9.64. The van der Waals surface area contributed by atoms with Gasteiger partial charge in [-0.05, 0) is 54.9 Å². The third-order valence-corrected chi connectivity index (χ3v) is 5.79. The number of rotatable bonds is 6. The van der Waals surface area contributed by atoms with Crippen LogP contribution in [-0.2, 0) is 9.59 Å². The molecule has 1 heterocycles. The van der Waals surface area contributed by atoms with Crippen molar-refractivity contribution >= 4 is 23.8 Å². The minimum absolute atomic E-state index is 0.0670. The van der Waals surface area contributed by atoms with Crippen LogP contribution in [0.25, 0.3) is 0 Å². The van der Waals surface area contributed by atoms with Gasteiger partial charge in [0.2, 0.25) is 5.91 Å². The van der Waals surface area contributed by atoms with E-state index in [4.69, 9.17) is 0 Å². The molecule has 2 aliphatic rings. The molecule has 1 aliphatic heterocycles. The Morgan fingerprint density at radius 1 is 1.13 bits per heavy atom. The second-order valence-corrected chi connectivity index (χ2v) is 9.41. The second kappa shape index (κ2) is 8.56. The molecule has 0 aromatic heterocycles. The van der Waals surface area contributed by atoms with Crippen LogP contribution >= 0.6 is 0 Å². The Kier molecular flexibility index (Phi) is 6.24. The molecule has 5 amide bonds. The van der Waals surface area contributed by atoms with E-state index in [1.54, 1.807) is 0 Å². The van der Waals surface area contributed by atoms with Crippen LogP contribution in [0.3, 0.4) is 0 Å². The molecule has 1 spiro atoms. The van der Waals surface area contributed by atoms with Crippen molar-refractivity contribution in [1.82, 2.24) is 20.9 Å². The first-order chi connectivity index (χ1) is 14.5. The van der Waals surface area contributed by atoms with Crippen molar-refractivity contribution in [2.45, 2.75) is 45.6 Å². The molecule has 1 saturated heterocycles. The largest absolute Gasteiger partial charge is 0.508 e. The number of urea groups is 1. The average Bonchev–Trinajstić information content (AvgIpc) is 2.87. The van der Waals surface area contributed by atoms with Crippen LogP contribution in [0.5, 0.6) is 5.75 Å². The van der Waals surface area contributed by atoms with E-state index < -0.39 is 17.5 Å². The molecule has 0 radical (unpaired) electrons. The highest BCUT2D eigenvalue weighted by atomic mass is 16.3. The molecule has 3 rings (SSSR count). The Morgan fingerprint density at radius 2 is 1.77 bits per heavy atom. The highest BCUT2D eigenvalue weighted by Gasteiger charge is 2.56. The zero-order valence-electron chi connectivity index (χ0n) is 18.2. The van der Waals surface area contributed by atoms with Gasteiger partial charge in [0.15, 0.2) is 0 Å². The normalized spacial score (nSPS) is 24.7. The lowest BCUT2D eigenvalue weighted by Crippen LogP contribution is -2.54. The van der Waals surface area contributed by atoms with E-state index in [2.05, 4.69) is 36.7 Å². The Labute approximate surface area is 181 Å². The number of hydrogen-bond acceptors (Lipinski definition) is 5. The van der Waals surface area contributed by atoms with Crippen molar-refractivity contribution in [3.8, 4) is 5.75 Å². The fourth-order valence-corrected chi connectivity index (χ4v) is 4.94. The molecule has 4 N–H and O–H groups in total. The van der Waals surface area contributed by atoms with Crippen molar-refractivity contribution in [1.29, 1.82) is 0 Å². The summed E-state index contributed by atoms with van der Waals surface area (Å²) in [7, 11) is 0. The van der Waals surface area contributed by atoms with E-state index in [0.717, 1.165) is 11.3 Å². The average molecular weight is 431 g/mol. The number of amides is 5. The quantitative estimate of drug-likeness (QED) is 0.400. The van der Waals surface area contributed by atoms with Gasteiger partial charge >= 0.3 is 6.03 Å². The summed E-state index contributed by atoms with van der Waals surface area (Å²) in [6.07, 6.45) is 2.10. The molecule has 0 bridgehead atoms. The van der Waals surface area contributed by atoms with Gasteiger partial charge in [0.25, 0.3) is 11.8 Å². The number of nitrogens with one attached hydrogen (secondary N) is 3. The number of imide groups is 1. The summed E-state index contributed by atoms with van der Waals surface area (Å²) in [6.45, 7) is 6.23. The number of phenols is 1. The maximum absolute atomic E-state index is 13.0. The van der Waals surface area contributed by atoms with Gasteiger partial charge in [0, 0.05) is 18.7 Å². The van der Waals surface area contributed by atoms with Gasteiger partial charge in [0.05, 0.1) is 0 Å². The fourth-order valence-electron chi connectivity index (χ4n) is 4.94. The maximum Gasteiger partial charge on any atom is 0.325 e. The first-order valence-corrected chi connectivity index (χ1v) is 10.5. The number of carbonyl (C=O) groups excluding carboxylic acids is 4. The van der Waals surface area contributed by atoms with E-state index in [9.17, 15) is 24.3 Å². The van der Waals surface area contributed by atoms with Crippen LogP contribution in [0, 0.1) is 11.3 Å². The number of nitrogens with zero attached hydrogens (tertiary/aromatic N) is 1. The summed E-state index contributed by atoms with van der Waals surface area (Å²) in [4.78, 5) is 50.8. The van der Waals surface area contributed by atoms with Crippen LogP contribution < -0.4 is 16.0 Å². The van der Waals surface area contributed by atoms with Crippen molar-refractivity contribution in [2.75, 3.05) is 19.6 Å². The molecule has 31 heavy (non-hydrogen) atoms. The van der Waals surface area contributed by atoms with Crippen LogP contribution in [-0.4, -0.2) is 58.9 Å². The van der Waals surface area contributed by atoms with E-state index in [1.165, 1.54) is 24.3 Å². The molecule has 1 aromatic carbocycles. The molecule has 2 atom stereocenters. The van der Waals surface area contributed by atoms with Crippen molar-refractivity contribution in [3.05, 3.63) is 29.8 Å². The summed E-state index contributed by atoms with van der Waals surface area (Å²) < 4.78 is 0. The molecule has 1 aromatic rings. The summed E-state index contributed by atoms with van der Waals surface area (Å²) in [5, 5.41) is 17.4. The van der Waals surface area contributed by atoms with Gasteiger partial charge in [-0.1, -0.05) is 20.8 Å². The summed E-state index contributed by atoms with van der Waals surface area (Å²) in [6, 6.07) is 5.27. The summed E-state index contributed by atoms with van der Waals surface area (Å²) in [5.74, 6) is -0.786. The highest BCUT2D eigenvalue weighted by molar-refractivity contribution is 6.09. The van der Waals surface area contributed by atoms with E-state index >= 15 is 0 Å². The number of hydrogen-bond donors (Lipinski definition) is 4. The topological polar surface area (TPSA) is 128 Å². The second-order valence-electron chi connectivity index (χ2n) is 9.41. The molecular weight excluding hydrogens is 400 g/mol. The standard InChI is InChI=1S/C22H30N4O5/c1-14-10-21(2,3)13-22(11-14)19(30)26(20(31)25-22)12-17(28)23-8-9-24-18(29)15-4-6-16(27)7-5-15/h4-7,14,27H,8-13H2,1-3H3,(H,23,28)(H,24,29)(H,25,31). The van der Waals surface area contributed by atoms with Crippen LogP contribution in [0.15, 0.2) is 24.3 Å². The molecule has 9 heteroatoms. The minimum Gasteiger partial charge on any atom is -0.508 e. The smallest absolute Gasteiger partial charge is 0.325 e. The van der Waals surface area contributed by atoms with Crippen LogP contribution in [0.4, 0.5) is 4.79 Å². The fraction of sp³-hybridized carbons (Fsp3) is 0.545.